The summed E-state index contributed by atoms with van der Waals surface area (Å²) in [6, 6.07) is 0.468. The molecule has 1 aromatic heterocycles. The number of tetrazole rings is 1. The Bertz CT molecular complexity index is 188. The average Bonchev–Trinajstić information content (AvgIpc) is 2.59. The first-order valence-corrected chi connectivity index (χ1v) is 3.40. The van der Waals surface area contributed by atoms with Gasteiger partial charge in [-0.3, -0.25) is 0 Å². The van der Waals surface area contributed by atoms with E-state index >= 15 is 0 Å². The second kappa shape index (κ2) is 2.34. The predicted octanol–water partition coefficient (Wildman–Crippen LogP) is -0.793. The van der Waals surface area contributed by atoms with Gasteiger partial charge in [0, 0.05) is 6.54 Å². The van der Waals surface area contributed by atoms with E-state index in [-0.39, 0.29) is 0 Å². The molecule has 1 aliphatic heterocycles. The van der Waals surface area contributed by atoms with Crippen LogP contribution in [0.15, 0.2) is 6.33 Å². The molecule has 0 aliphatic carbocycles. The Balaban J connectivity index is 2.12. The zero-order valence-corrected chi connectivity index (χ0v) is 5.56. The van der Waals surface area contributed by atoms with Crippen molar-refractivity contribution in [2.45, 2.75) is 12.5 Å². The molecule has 10 heavy (non-hydrogen) atoms. The summed E-state index contributed by atoms with van der Waals surface area (Å²) in [5.41, 5.74) is 0. The lowest BCUT2D eigenvalue weighted by Crippen LogP contribution is -2.13. The first kappa shape index (κ1) is 5.79. The van der Waals surface area contributed by atoms with Gasteiger partial charge in [-0.1, -0.05) is 0 Å². The zero-order valence-electron chi connectivity index (χ0n) is 5.56. The van der Waals surface area contributed by atoms with Crippen LogP contribution in [0.2, 0.25) is 0 Å². The Labute approximate surface area is 58.4 Å². The fourth-order valence-corrected chi connectivity index (χ4v) is 1.20. The van der Waals surface area contributed by atoms with Crippen molar-refractivity contribution in [3.8, 4) is 0 Å². The number of hydrogen-bond donors (Lipinski definition) is 1. The van der Waals surface area contributed by atoms with Crippen molar-refractivity contribution in [3.05, 3.63) is 6.33 Å². The normalized spacial score (nSPS) is 25.4. The molecule has 1 N–H and O–H groups in total. The summed E-state index contributed by atoms with van der Waals surface area (Å²) >= 11 is 0. The molecular weight excluding hydrogens is 130 g/mol. The molecule has 1 unspecified atom stereocenters. The quantitative estimate of drug-likeness (QED) is 0.554. The van der Waals surface area contributed by atoms with E-state index in [9.17, 15) is 0 Å². The van der Waals surface area contributed by atoms with Crippen LogP contribution in [0.3, 0.4) is 0 Å². The van der Waals surface area contributed by atoms with Crippen molar-refractivity contribution < 1.29 is 0 Å². The molecule has 5 nitrogen and oxygen atoms in total. The summed E-state index contributed by atoms with van der Waals surface area (Å²) in [6.07, 6.45) is 2.79. The highest BCUT2D eigenvalue weighted by atomic mass is 15.5. The lowest BCUT2D eigenvalue weighted by molar-refractivity contribution is 0.476. The molecule has 0 saturated carbocycles. The van der Waals surface area contributed by atoms with Crippen LogP contribution in [0.5, 0.6) is 0 Å². The Kier molecular flexibility index (Phi) is 1.35. The Morgan fingerprint density at radius 3 is 3.20 bits per heavy atom. The molecule has 2 rings (SSSR count). The van der Waals surface area contributed by atoms with Gasteiger partial charge >= 0.3 is 0 Å². The highest BCUT2D eigenvalue weighted by Gasteiger charge is 2.16. The fraction of sp³-hybridized carbons (Fsp3) is 0.800. The van der Waals surface area contributed by atoms with E-state index in [1.807, 2.05) is 0 Å². The Morgan fingerprint density at radius 2 is 2.60 bits per heavy atom. The van der Waals surface area contributed by atoms with Gasteiger partial charge in [-0.2, -0.15) is 0 Å². The summed E-state index contributed by atoms with van der Waals surface area (Å²) in [6.45, 7) is 2.07. The van der Waals surface area contributed by atoms with Crippen molar-refractivity contribution in [3.63, 3.8) is 0 Å². The van der Waals surface area contributed by atoms with E-state index in [0.717, 1.165) is 19.5 Å². The van der Waals surface area contributed by atoms with E-state index in [4.69, 9.17) is 0 Å². The van der Waals surface area contributed by atoms with Gasteiger partial charge in [0.15, 0.2) is 0 Å². The molecule has 5 heteroatoms. The maximum atomic E-state index is 3.81. The number of nitrogens with one attached hydrogen (secondary N) is 1. The Hall–Kier alpha value is -0.970. The van der Waals surface area contributed by atoms with Gasteiger partial charge in [-0.15, -0.1) is 5.10 Å². The lowest BCUT2D eigenvalue weighted by atomic mass is 10.3. The summed E-state index contributed by atoms with van der Waals surface area (Å²) in [4.78, 5) is 0. The summed E-state index contributed by atoms with van der Waals surface area (Å²) in [7, 11) is 0. The molecule has 0 spiro atoms. The largest absolute Gasteiger partial charge is 0.315 e. The van der Waals surface area contributed by atoms with Gasteiger partial charge in [-0.05, 0) is 23.4 Å². The van der Waals surface area contributed by atoms with Crippen LogP contribution >= 0.6 is 0 Å². The maximum Gasteiger partial charge on any atom is 0.138 e. The van der Waals surface area contributed by atoms with E-state index in [1.54, 1.807) is 11.0 Å². The molecule has 1 fully saturated rings. The minimum Gasteiger partial charge on any atom is -0.315 e. The number of nitrogens with zero attached hydrogens (tertiary/aromatic N) is 4. The lowest BCUT2D eigenvalue weighted by Gasteiger charge is -2.04. The summed E-state index contributed by atoms with van der Waals surface area (Å²) in [5.74, 6) is 0. The van der Waals surface area contributed by atoms with Crippen LogP contribution in [0.25, 0.3) is 0 Å². The second-order valence-corrected chi connectivity index (χ2v) is 2.44. The van der Waals surface area contributed by atoms with Crippen molar-refractivity contribution in [2.24, 2.45) is 0 Å². The molecule has 1 atom stereocenters. The molecule has 1 aliphatic rings. The fourth-order valence-electron chi connectivity index (χ4n) is 1.20. The first-order chi connectivity index (χ1) is 4.97. The number of hydrogen-bond acceptors (Lipinski definition) is 4. The van der Waals surface area contributed by atoms with Crippen molar-refractivity contribution in [1.29, 1.82) is 0 Å². The van der Waals surface area contributed by atoms with Gasteiger partial charge < -0.3 is 5.32 Å². The predicted molar refractivity (Wildman–Crippen MR) is 34.3 cm³/mol. The van der Waals surface area contributed by atoms with Gasteiger partial charge in [0.1, 0.15) is 6.33 Å². The van der Waals surface area contributed by atoms with Crippen molar-refractivity contribution in [2.75, 3.05) is 13.1 Å². The van der Waals surface area contributed by atoms with Gasteiger partial charge in [0.05, 0.1) is 6.04 Å². The molecule has 0 aromatic carbocycles. The van der Waals surface area contributed by atoms with E-state index in [2.05, 4.69) is 20.8 Å². The highest BCUT2D eigenvalue weighted by molar-refractivity contribution is 4.75. The monoisotopic (exact) mass is 139 g/mol. The van der Waals surface area contributed by atoms with Crippen LogP contribution in [0.1, 0.15) is 12.5 Å². The molecule has 1 aromatic rings. The molecule has 1 saturated heterocycles. The molecule has 2 heterocycles. The minimum atomic E-state index is 0.468. The van der Waals surface area contributed by atoms with Gasteiger partial charge in [0.2, 0.25) is 0 Å². The highest BCUT2D eigenvalue weighted by Crippen LogP contribution is 2.10. The van der Waals surface area contributed by atoms with Crippen LogP contribution in [0, 0.1) is 0 Å². The third-order valence-electron chi connectivity index (χ3n) is 1.77. The molecule has 54 valence electrons. The second-order valence-electron chi connectivity index (χ2n) is 2.44. The average molecular weight is 139 g/mol. The standard InChI is InChI=1S/C5H9N5/c1-2-6-3-5(1)10-4-7-8-9-10/h4-6H,1-3H2. The zero-order chi connectivity index (χ0) is 6.81. The van der Waals surface area contributed by atoms with Crippen LogP contribution in [-0.2, 0) is 0 Å². The van der Waals surface area contributed by atoms with Crippen LogP contribution < -0.4 is 5.32 Å². The third kappa shape index (κ3) is 0.881. The molecule has 0 amide bonds. The minimum absolute atomic E-state index is 0.468. The maximum absolute atomic E-state index is 3.81. The molecule has 0 radical (unpaired) electrons. The SMILES string of the molecule is c1nnnn1C1CCNC1. The van der Waals surface area contributed by atoms with E-state index in [1.165, 1.54) is 0 Å². The summed E-state index contributed by atoms with van der Waals surface area (Å²) in [5, 5.41) is 14.2. The number of rotatable bonds is 1. The van der Waals surface area contributed by atoms with Crippen molar-refractivity contribution >= 4 is 0 Å². The smallest absolute Gasteiger partial charge is 0.138 e. The van der Waals surface area contributed by atoms with Crippen molar-refractivity contribution in [1.82, 2.24) is 25.5 Å². The molecular formula is C5H9N5. The van der Waals surface area contributed by atoms with E-state index < -0.39 is 0 Å². The topological polar surface area (TPSA) is 55.6 Å². The van der Waals surface area contributed by atoms with E-state index in [0.29, 0.717) is 6.04 Å². The van der Waals surface area contributed by atoms with Gasteiger partial charge in [-0.25, -0.2) is 4.68 Å². The van der Waals surface area contributed by atoms with Crippen LogP contribution in [0.4, 0.5) is 0 Å². The van der Waals surface area contributed by atoms with Gasteiger partial charge in [0.25, 0.3) is 0 Å². The summed E-state index contributed by atoms with van der Waals surface area (Å²) < 4.78 is 1.81. The number of aromatic nitrogens is 4. The van der Waals surface area contributed by atoms with Crippen LogP contribution in [-0.4, -0.2) is 33.3 Å². The third-order valence-corrected chi connectivity index (χ3v) is 1.77. The Morgan fingerprint density at radius 1 is 1.60 bits per heavy atom. The first-order valence-electron chi connectivity index (χ1n) is 3.40. The molecule has 0 bridgehead atoms.